The van der Waals surface area contributed by atoms with Gasteiger partial charge in [0.25, 0.3) is 0 Å². The number of aryl methyl sites for hydroxylation is 1. The molecule has 2 rings (SSSR count). The van der Waals surface area contributed by atoms with E-state index in [0.29, 0.717) is 6.04 Å². The third-order valence-electron chi connectivity index (χ3n) is 4.24. The lowest BCUT2D eigenvalue weighted by Gasteiger charge is -2.19. The number of hydrogen-bond acceptors (Lipinski definition) is 2. The predicted octanol–water partition coefficient (Wildman–Crippen LogP) is 3.79. The largest absolute Gasteiger partial charge is 0.497 e. The van der Waals surface area contributed by atoms with Gasteiger partial charge in [0.05, 0.1) is 7.11 Å². The molecule has 1 aromatic rings. The van der Waals surface area contributed by atoms with E-state index in [9.17, 15) is 0 Å². The van der Waals surface area contributed by atoms with Gasteiger partial charge in [-0.2, -0.15) is 0 Å². The standard InChI is InChI=1S/C17H27NO/c1-13-4-9-16(12-13)18-14(2)5-6-15-7-10-17(19-3)11-8-15/h7-8,10-11,13-14,16,18H,4-6,9,12H2,1-3H3. The van der Waals surface area contributed by atoms with Crippen LogP contribution in [0.4, 0.5) is 0 Å². The Morgan fingerprint density at radius 3 is 2.58 bits per heavy atom. The predicted molar refractivity (Wildman–Crippen MR) is 80.7 cm³/mol. The Kier molecular flexibility index (Phi) is 5.26. The Morgan fingerprint density at radius 2 is 2.00 bits per heavy atom. The molecular weight excluding hydrogens is 234 g/mol. The van der Waals surface area contributed by atoms with Crippen molar-refractivity contribution >= 4 is 0 Å². The highest BCUT2D eigenvalue weighted by atomic mass is 16.5. The van der Waals surface area contributed by atoms with Gasteiger partial charge < -0.3 is 10.1 Å². The Bertz CT molecular complexity index is 373. The van der Waals surface area contributed by atoms with Crippen LogP contribution in [0.15, 0.2) is 24.3 Å². The van der Waals surface area contributed by atoms with Crippen molar-refractivity contribution in [3.8, 4) is 5.75 Å². The Labute approximate surface area is 117 Å². The van der Waals surface area contributed by atoms with E-state index in [0.717, 1.165) is 24.1 Å². The van der Waals surface area contributed by atoms with Crippen molar-refractivity contribution in [2.45, 2.75) is 58.0 Å². The molecule has 1 aromatic carbocycles. The zero-order valence-corrected chi connectivity index (χ0v) is 12.5. The summed E-state index contributed by atoms with van der Waals surface area (Å²) in [5.41, 5.74) is 1.40. The first-order valence-electron chi connectivity index (χ1n) is 7.56. The van der Waals surface area contributed by atoms with Crippen LogP contribution in [-0.2, 0) is 6.42 Å². The molecule has 2 nitrogen and oxygen atoms in total. The minimum Gasteiger partial charge on any atom is -0.497 e. The molecule has 1 aliphatic rings. The quantitative estimate of drug-likeness (QED) is 0.841. The lowest BCUT2D eigenvalue weighted by atomic mass is 10.0. The first kappa shape index (κ1) is 14.4. The van der Waals surface area contributed by atoms with Crippen molar-refractivity contribution in [1.82, 2.24) is 5.32 Å². The topological polar surface area (TPSA) is 21.3 Å². The van der Waals surface area contributed by atoms with E-state index >= 15 is 0 Å². The molecule has 0 amide bonds. The molecule has 0 bridgehead atoms. The number of nitrogens with one attached hydrogen (secondary N) is 1. The highest BCUT2D eigenvalue weighted by molar-refractivity contribution is 5.27. The van der Waals surface area contributed by atoms with Gasteiger partial charge >= 0.3 is 0 Å². The second kappa shape index (κ2) is 6.95. The number of methoxy groups -OCH3 is 1. The van der Waals surface area contributed by atoms with Gasteiger partial charge in [0, 0.05) is 12.1 Å². The van der Waals surface area contributed by atoms with Gasteiger partial charge in [-0.25, -0.2) is 0 Å². The summed E-state index contributed by atoms with van der Waals surface area (Å²) < 4.78 is 5.18. The van der Waals surface area contributed by atoms with Crippen LogP contribution in [0.3, 0.4) is 0 Å². The van der Waals surface area contributed by atoms with Gasteiger partial charge in [0.1, 0.15) is 5.75 Å². The molecule has 106 valence electrons. The van der Waals surface area contributed by atoms with Gasteiger partial charge in [0.15, 0.2) is 0 Å². The van der Waals surface area contributed by atoms with Crippen LogP contribution in [0.1, 0.15) is 45.1 Å². The minimum absolute atomic E-state index is 0.609. The normalized spacial score (nSPS) is 24.4. The third kappa shape index (κ3) is 4.54. The maximum absolute atomic E-state index is 5.18. The molecule has 3 unspecified atom stereocenters. The zero-order valence-electron chi connectivity index (χ0n) is 12.5. The molecule has 1 fully saturated rings. The second-order valence-corrected chi connectivity index (χ2v) is 6.07. The Morgan fingerprint density at radius 1 is 1.26 bits per heavy atom. The lowest BCUT2D eigenvalue weighted by Crippen LogP contribution is -2.35. The summed E-state index contributed by atoms with van der Waals surface area (Å²) >= 11 is 0. The van der Waals surface area contributed by atoms with Gasteiger partial charge in [-0.15, -0.1) is 0 Å². The molecule has 0 heterocycles. The molecule has 1 N–H and O–H groups in total. The van der Waals surface area contributed by atoms with Crippen LogP contribution in [-0.4, -0.2) is 19.2 Å². The number of ether oxygens (including phenoxy) is 1. The average molecular weight is 261 g/mol. The van der Waals surface area contributed by atoms with Crippen molar-refractivity contribution in [3.05, 3.63) is 29.8 Å². The molecule has 1 saturated carbocycles. The van der Waals surface area contributed by atoms with Crippen molar-refractivity contribution in [3.63, 3.8) is 0 Å². The smallest absolute Gasteiger partial charge is 0.118 e. The number of benzene rings is 1. The molecule has 0 aromatic heterocycles. The van der Waals surface area contributed by atoms with E-state index in [4.69, 9.17) is 4.74 Å². The summed E-state index contributed by atoms with van der Waals surface area (Å²) in [7, 11) is 1.71. The van der Waals surface area contributed by atoms with Gasteiger partial charge in [-0.1, -0.05) is 19.1 Å². The fraction of sp³-hybridized carbons (Fsp3) is 0.647. The molecule has 0 saturated heterocycles. The Balaban J connectivity index is 1.71. The van der Waals surface area contributed by atoms with Gasteiger partial charge in [0.2, 0.25) is 0 Å². The summed E-state index contributed by atoms with van der Waals surface area (Å²) in [5, 5.41) is 3.78. The van der Waals surface area contributed by atoms with Crippen LogP contribution >= 0.6 is 0 Å². The summed E-state index contributed by atoms with van der Waals surface area (Å²) in [6.07, 6.45) is 6.45. The van der Waals surface area contributed by atoms with E-state index in [1.54, 1.807) is 7.11 Å². The maximum Gasteiger partial charge on any atom is 0.118 e. The van der Waals surface area contributed by atoms with Crippen molar-refractivity contribution in [2.24, 2.45) is 5.92 Å². The van der Waals surface area contributed by atoms with E-state index in [1.807, 2.05) is 12.1 Å². The van der Waals surface area contributed by atoms with Crippen molar-refractivity contribution in [2.75, 3.05) is 7.11 Å². The second-order valence-electron chi connectivity index (χ2n) is 6.07. The van der Waals surface area contributed by atoms with E-state index in [-0.39, 0.29) is 0 Å². The molecule has 3 atom stereocenters. The molecular formula is C17H27NO. The molecule has 2 heteroatoms. The first-order chi connectivity index (χ1) is 9.17. The summed E-state index contributed by atoms with van der Waals surface area (Å²) in [5.74, 6) is 1.85. The van der Waals surface area contributed by atoms with Crippen molar-refractivity contribution in [1.29, 1.82) is 0 Å². The minimum atomic E-state index is 0.609. The highest BCUT2D eigenvalue weighted by Gasteiger charge is 2.21. The van der Waals surface area contributed by atoms with Crippen LogP contribution in [0.2, 0.25) is 0 Å². The first-order valence-corrected chi connectivity index (χ1v) is 7.56. The molecule has 0 aliphatic heterocycles. The summed E-state index contributed by atoms with van der Waals surface area (Å²) in [6.45, 7) is 4.68. The summed E-state index contributed by atoms with van der Waals surface area (Å²) in [6, 6.07) is 9.79. The zero-order chi connectivity index (χ0) is 13.7. The number of hydrogen-bond donors (Lipinski definition) is 1. The van der Waals surface area contributed by atoms with Gasteiger partial charge in [-0.3, -0.25) is 0 Å². The van der Waals surface area contributed by atoms with Crippen molar-refractivity contribution < 1.29 is 4.74 Å². The maximum atomic E-state index is 5.18. The fourth-order valence-electron chi connectivity index (χ4n) is 3.02. The Hall–Kier alpha value is -1.02. The molecule has 0 radical (unpaired) electrons. The lowest BCUT2D eigenvalue weighted by molar-refractivity contribution is 0.414. The van der Waals surface area contributed by atoms with Gasteiger partial charge in [-0.05, 0) is 62.6 Å². The van der Waals surface area contributed by atoms with E-state index < -0.39 is 0 Å². The number of rotatable bonds is 6. The average Bonchev–Trinajstić information content (AvgIpc) is 2.82. The monoisotopic (exact) mass is 261 g/mol. The van der Waals surface area contributed by atoms with E-state index in [2.05, 4.69) is 31.3 Å². The third-order valence-corrected chi connectivity index (χ3v) is 4.24. The highest BCUT2D eigenvalue weighted by Crippen LogP contribution is 2.25. The van der Waals surface area contributed by atoms with Crippen LogP contribution in [0.5, 0.6) is 5.75 Å². The molecule has 1 aliphatic carbocycles. The fourth-order valence-corrected chi connectivity index (χ4v) is 3.02. The van der Waals surface area contributed by atoms with E-state index in [1.165, 1.54) is 31.2 Å². The molecule has 19 heavy (non-hydrogen) atoms. The molecule has 0 spiro atoms. The SMILES string of the molecule is COc1ccc(CCC(C)NC2CCC(C)C2)cc1. The summed E-state index contributed by atoms with van der Waals surface area (Å²) in [4.78, 5) is 0. The van der Waals surface area contributed by atoms with Crippen LogP contribution in [0.25, 0.3) is 0 Å². The van der Waals surface area contributed by atoms with Crippen LogP contribution < -0.4 is 10.1 Å². The van der Waals surface area contributed by atoms with Crippen LogP contribution in [0, 0.1) is 5.92 Å².